The van der Waals surface area contributed by atoms with Gasteiger partial charge in [-0.25, -0.2) is 13.8 Å². The number of halogens is 8. The summed E-state index contributed by atoms with van der Waals surface area (Å²) >= 11 is 0. The van der Waals surface area contributed by atoms with E-state index in [2.05, 4.69) is 4.98 Å². The lowest BCUT2D eigenvalue weighted by molar-refractivity contribution is -0.143. The van der Waals surface area contributed by atoms with E-state index in [1.165, 1.54) is 13.1 Å². The second-order valence-electron chi connectivity index (χ2n) is 10.9. The Balaban J connectivity index is 1.84. The maximum absolute atomic E-state index is 14.3. The molecule has 4 rings (SSSR count). The van der Waals surface area contributed by atoms with E-state index in [1.807, 2.05) is 0 Å². The highest BCUT2D eigenvalue weighted by Gasteiger charge is 2.41. The van der Waals surface area contributed by atoms with Crippen molar-refractivity contribution in [3.63, 3.8) is 0 Å². The number of aliphatic hydroxyl groups excluding tert-OH is 2. The summed E-state index contributed by atoms with van der Waals surface area (Å²) in [5.41, 5.74) is -5.76. The smallest absolute Gasteiger partial charge is 0.394 e. The summed E-state index contributed by atoms with van der Waals surface area (Å²) in [6, 6.07) is 4.30. The van der Waals surface area contributed by atoms with E-state index in [9.17, 15) is 50.1 Å². The van der Waals surface area contributed by atoms with Gasteiger partial charge in [0.05, 0.1) is 47.2 Å². The molecule has 0 unspecified atom stereocenters. The number of aromatic nitrogens is 1. The molecule has 1 amide bonds. The minimum absolute atomic E-state index is 0.0397. The Morgan fingerprint density at radius 1 is 0.930 bits per heavy atom. The fourth-order valence-electron chi connectivity index (χ4n) is 5.12. The molecule has 0 aliphatic carbocycles. The Morgan fingerprint density at radius 3 is 1.98 bits per heavy atom. The third-order valence-electron chi connectivity index (χ3n) is 7.45. The summed E-state index contributed by atoms with van der Waals surface area (Å²) in [5, 5.41) is 19.9. The third-order valence-corrected chi connectivity index (χ3v) is 7.45. The van der Waals surface area contributed by atoms with Crippen molar-refractivity contribution in [2.75, 3.05) is 30.0 Å². The molecule has 1 aliphatic heterocycles. The van der Waals surface area contributed by atoms with Gasteiger partial charge in [-0.3, -0.25) is 4.79 Å². The number of amides is 1. The minimum Gasteiger partial charge on any atom is -0.394 e. The third kappa shape index (κ3) is 6.59. The van der Waals surface area contributed by atoms with Gasteiger partial charge in [0, 0.05) is 25.2 Å². The van der Waals surface area contributed by atoms with Crippen molar-refractivity contribution in [3.05, 3.63) is 77.0 Å². The lowest BCUT2D eigenvalue weighted by Crippen LogP contribution is -2.42. The van der Waals surface area contributed by atoms with Crippen molar-refractivity contribution in [2.45, 2.75) is 50.2 Å². The molecule has 43 heavy (non-hydrogen) atoms. The highest BCUT2D eigenvalue weighted by atomic mass is 19.4. The van der Waals surface area contributed by atoms with Crippen molar-refractivity contribution in [3.8, 4) is 11.1 Å². The second kappa shape index (κ2) is 11.4. The van der Waals surface area contributed by atoms with Crippen molar-refractivity contribution >= 4 is 17.4 Å². The minimum atomic E-state index is -5.13. The van der Waals surface area contributed by atoms with Crippen molar-refractivity contribution in [1.82, 2.24) is 4.98 Å². The van der Waals surface area contributed by atoms with Crippen LogP contribution in [0.3, 0.4) is 0 Å². The summed E-state index contributed by atoms with van der Waals surface area (Å²) in [6.45, 7) is 2.05. The Kier molecular flexibility index (Phi) is 8.50. The molecular formula is C29H27F8N3O3. The topological polar surface area (TPSA) is 76.9 Å². The van der Waals surface area contributed by atoms with Gasteiger partial charge >= 0.3 is 12.4 Å². The first kappa shape index (κ1) is 32.1. The van der Waals surface area contributed by atoms with E-state index in [4.69, 9.17) is 0 Å². The van der Waals surface area contributed by atoms with Gasteiger partial charge in [-0.15, -0.1) is 0 Å². The van der Waals surface area contributed by atoms with Gasteiger partial charge < -0.3 is 20.0 Å². The van der Waals surface area contributed by atoms with Crippen LogP contribution in [0.15, 0.2) is 48.7 Å². The van der Waals surface area contributed by atoms with Crippen molar-refractivity contribution in [1.29, 1.82) is 0 Å². The Hall–Kier alpha value is -3.78. The van der Waals surface area contributed by atoms with Crippen LogP contribution in [-0.2, 0) is 22.6 Å². The number of alkyl halides is 6. The van der Waals surface area contributed by atoms with Crippen LogP contribution in [0.4, 0.5) is 46.6 Å². The molecule has 14 heteroatoms. The number of carbonyl (C=O) groups excluding carboxylic acids is 1. The van der Waals surface area contributed by atoms with Crippen LogP contribution in [0, 0.1) is 11.6 Å². The number of anilines is 2. The molecule has 2 aromatic carbocycles. The summed E-state index contributed by atoms with van der Waals surface area (Å²) in [6.07, 6.45) is -9.69. The number of β-amino-alcohol motifs (C(OH)–C–C–N with tert-alkyl or cyclic N) is 1. The lowest BCUT2D eigenvalue weighted by Gasteiger charge is -2.32. The number of hydrogen-bond acceptors (Lipinski definition) is 5. The number of likely N-dealkylation sites (N-methyl/N-ethyl adjacent to an activating group) is 1. The Morgan fingerprint density at radius 2 is 1.47 bits per heavy atom. The van der Waals surface area contributed by atoms with Gasteiger partial charge in [-0.05, 0) is 67.8 Å². The first-order valence-electron chi connectivity index (χ1n) is 12.9. The number of benzene rings is 2. The van der Waals surface area contributed by atoms with Gasteiger partial charge in [0.2, 0.25) is 5.91 Å². The number of carbonyl (C=O) groups is 1. The van der Waals surface area contributed by atoms with E-state index in [-0.39, 0.29) is 48.3 Å². The molecule has 2 heterocycles. The second-order valence-corrected chi connectivity index (χ2v) is 10.9. The molecule has 3 aromatic rings. The average Bonchev–Trinajstić information content (AvgIpc) is 3.30. The predicted molar refractivity (Wildman–Crippen MR) is 141 cm³/mol. The van der Waals surface area contributed by atoms with Gasteiger partial charge in [-0.2, -0.15) is 26.3 Å². The van der Waals surface area contributed by atoms with E-state index in [1.54, 1.807) is 4.90 Å². The first-order valence-corrected chi connectivity index (χ1v) is 12.9. The first-order chi connectivity index (χ1) is 19.8. The zero-order valence-corrected chi connectivity index (χ0v) is 23.1. The fraction of sp³-hybridized carbons (Fsp3) is 0.379. The summed E-state index contributed by atoms with van der Waals surface area (Å²) < 4.78 is 110. The summed E-state index contributed by atoms with van der Waals surface area (Å²) in [7, 11) is 1.20. The standard InChI is InChI=1S/C29H27F8N3O3/c1-27(2,16-6-17(28(32,33)34)8-18(7-16)29(35,36)37)26(43)39(3)24-12-38-25(40-13-22(42)10-21(40)14-41)11-23(24)15-4-19(30)9-20(31)5-15/h4-9,11-12,21-22,41-42H,10,13-14H2,1-3H3/t21-,22+/m0/s1. The molecule has 6 nitrogen and oxygen atoms in total. The van der Waals surface area contributed by atoms with Crippen LogP contribution in [0.25, 0.3) is 11.1 Å². The summed E-state index contributed by atoms with van der Waals surface area (Å²) in [5.74, 6) is -2.67. The van der Waals surface area contributed by atoms with Crippen LogP contribution in [0.2, 0.25) is 0 Å². The van der Waals surface area contributed by atoms with Crippen LogP contribution in [0.1, 0.15) is 37.0 Å². The zero-order chi connectivity index (χ0) is 32.1. The summed E-state index contributed by atoms with van der Waals surface area (Å²) in [4.78, 5) is 20.6. The molecule has 232 valence electrons. The quantitative estimate of drug-likeness (QED) is 0.335. The molecule has 0 spiro atoms. The molecule has 1 aliphatic rings. The average molecular weight is 618 g/mol. The number of hydrogen-bond donors (Lipinski definition) is 2. The molecule has 0 saturated carbocycles. The normalized spacial score (nSPS) is 17.8. The zero-order valence-electron chi connectivity index (χ0n) is 23.1. The molecule has 0 radical (unpaired) electrons. The highest BCUT2D eigenvalue weighted by Crippen LogP contribution is 2.41. The van der Waals surface area contributed by atoms with Crippen molar-refractivity contribution < 1.29 is 50.1 Å². The van der Waals surface area contributed by atoms with E-state index in [0.29, 0.717) is 18.2 Å². The molecule has 2 atom stereocenters. The van der Waals surface area contributed by atoms with Crippen LogP contribution >= 0.6 is 0 Å². The SMILES string of the molecule is CN(C(=O)C(C)(C)c1cc(C(F)(F)F)cc(C(F)(F)F)c1)c1cnc(N2C[C@H](O)C[C@H]2CO)cc1-c1cc(F)cc(F)c1. The largest absolute Gasteiger partial charge is 0.416 e. The molecular weight excluding hydrogens is 590 g/mol. The molecule has 2 N–H and O–H groups in total. The number of pyridine rings is 1. The monoisotopic (exact) mass is 617 g/mol. The Bertz CT molecular complexity index is 1470. The van der Waals surface area contributed by atoms with Gasteiger partial charge in [0.25, 0.3) is 0 Å². The maximum Gasteiger partial charge on any atom is 0.416 e. The van der Waals surface area contributed by atoms with Gasteiger partial charge in [0.1, 0.15) is 17.5 Å². The van der Waals surface area contributed by atoms with Crippen LogP contribution < -0.4 is 9.80 Å². The lowest BCUT2D eigenvalue weighted by atomic mass is 9.81. The predicted octanol–water partition coefficient (Wildman–Crippen LogP) is 5.94. The van der Waals surface area contributed by atoms with Crippen molar-refractivity contribution in [2.24, 2.45) is 0 Å². The van der Waals surface area contributed by atoms with Gasteiger partial charge in [-0.1, -0.05) is 0 Å². The molecule has 1 saturated heterocycles. The Labute approximate surface area is 241 Å². The van der Waals surface area contributed by atoms with E-state index in [0.717, 1.165) is 37.1 Å². The number of aliphatic hydroxyl groups is 2. The fourth-order valence-corrected chi connectivity index (χ4v) is 5.12. The molecule has 0 bridgehead atoms. The van der Waals surface area contributed by atoms with Gasteiger partial charge in [0.15, 0.2) is 0 Å². The van der Waals surface area contributed by atoms with Crippen LogP contribution in [0.5, 0.6) is 0 Å². The number of rotatable bonds is 6. The molecule has 1 fully saturated rings. The highest BCUT2D eigenvalue weighted by molar-refractivity contribution is 6.03. The van der Waals surface area contributed by atoms with E-state index < -0.39 is 64.1 Å². The van der Waals surface area contributed by atoms with Crippen LogP contribution in [-0.4, -0.2) is 53.4 Å². The maximum atomic E-state index is 14.3. The van der Waals surface area contributed by atoms with E-state index >= 15 is 0 Å². The molecule has 1 aromatic heterocycles. The number of nitrogens with zero attached hydrogens (tertiary/aromatic N) is 3.